The van der Waals surface area contributed by atoms with Crippen LogP contribution >= 0.6 is 11.6 Å². The van der Waals surface area contributed by atoms with Crippen molar-refractivity contribution in [2.45, 2.75) is 0 Å². The lowest BCUT2D eigenvalue weighted by Crippen LogP contribution is -2.22. The Balaban J connectivity index is 1.67. The SMILES string of the molecule is Clc1ccc2oc(N3CC4COCC4C3)nc2n1. The molecule has 2 saturated heterocycles. The zero-order valence-corrected chi connectivity index (χ0v) is 10.4. The van der Waals surface area contributed by atoms with Crippen LogP contribution in [0.1, 0.15) is 0 Å². The number of hydrogen-bond acceptors (Lipinski definition) is 5. The van der Waals surface area contributed by atoms with Crippen LogP contribution in [0.4, 0.5) is 6.01 Å². The summed E-state index contributed by atoms with van der Waals surface area (Å²) >= 11 is 5.84. The smallest absolute Gasteiger partial charge is 0.299 e. The average Bonchev–Trinajstić information content (AvgIpc) is 2.99. The van der Waals surface area contributed by atoms with Gasteiger partial charge < -0.3 is 14.1 Å². The minimum absolute atomic E-state index is 0.439. The molecule has 0 spiro atoms. The largest absolute Gasteiger partial charge is 0.422 e. The quantitative estimate of drug-likeness (QED) is 0.738. The van der Waals surface area contributed by atoms with Gasteiger partial charge in [-0.3, -0.25) is 0 Å². The topological polar surface area (TPSA) is 51.4 Å². The third kappa shape index (κ3) is 1.58. The normalized spacial score (nSPS) is 27.1. The minimum atomic E-state index is 0.439. The van der Waals surface area contributed by atoms with Gasteiger partial charge in [0.15, 0.2) is 5.58 Å². The molecule has 94 valence electrons. The number of hydrogen-bond donors (Lipinski definition) is 0. The van der Waals surface area contributed by atoms with Crippen LogP contribution in [0.15, 0.2) is 16.5 Å². The van der Waals surface area contributed by atoms with E-state index in [2.05, 4.69) is 14.9 Å². The van der Waals surface area contributed by atoms with Crippen molar-refractivity contribution in [2.75, 3.05) is 31.2 Å². The zero-order valence-electron chi connectivity index (χ0n) is 9.67. The molecular weight excluding hydrogens is 254 g/mol. The van der Waals surface area contributed by atoms with Crippen molar-refractivity contribution in [3.63, 3.8) is 0 Å². The van der Waals surface area contributed by atoms with E-state index in [9.17, 15) is 0 Å². The molecule has 0 radical (unpaired) electrons. The summed E-state index contributed by atoms with van der Waals surface area (Å²) < 4.78 is 11.2. The molecule has 0 aromatic carbocycles. The molecule has 0 aliphatic carbocycles. The maximum Gasteiger partial charge on any atom is 0.299 e. The minimum Gasteiger partial charge on any atom is -0.422 e. The molecule has 0 saturated carbocycles. The summed E-state index contributed by atoms with van der Waals surface area (Å²) in [5, 5.41) is 0.439. The fourth-order valence-corrected chi connectivity index (χ4v) is 2.91. The summed E-state index contributed by atoms with van der Waals surface area (Å²) in [6.45, 7) is 3.60. The van der Waals surface area contributed by atoms with Crippen LogP contribution in [-0.2, 0) is 4.74 Å². The van der Waals surface area contributed by atoms with E-state index in [4.69, 9.17) is 20.8 Å². The number of rotatable bonds is 1. The lowest BCUT2D eigenvalue weighted by Gasteiger charge is -2.13. The first-order valence-electron chi connectivity index (χ1n) is 6.05. The summed E-state index contributed by atoms with van der Waals surface area (Å²) in [7, 11) is 0. The van der Waals surface area contributed by atoms with E-state index in [1.165, 1.54) is 0 Å². The first-order chi connectivity index (χ1) is 8.79. The predicted molar refractivity (Wildman–Crippen MR) is 66.8 cm³/mol. The Bertz CT molecular complexity index is 588. The molecule has 0 N–H and O–H groups in total. The number of aromatic nitrogens is 2. The first kappa shape index (κ1) is 10.6. The highest BCUT2D eigenvalue weighted by Crippen LogP contribution is 2.33. The molecule has 5 nitrogen and oxygen atoms in total. The molecule has 2 aliphatic rings. The van der Waals surface area contributed by atoms with Crippen molar-refractivity contribution < 1.29 is 9.15 Å². The van der Waals surface area contributed by atoms with E-state index in [-0.39, 0.29) is 0 Å². The maximum atomic E-state index is 5.84. The molecule has 2 aromatic rings. The van der Waals surface area contributed by atoms with E-state index in [0.29, 0.717) is 34.2 Å². The standard InChI is InChI=1S/C12H12ClN3O2/c13-10-2-1-9-11(14-10)15-12(18-9)16-3-7-5-17-6-8(7)4-16/h1-2,7-8H,3-6H2. The van der Waals surface area contributed by atoms with Crippen LogP contribution in [0.2, 0.25) is 5.15 Å². The van der Waals surface area contributed by atoms with Crippen LogP contribution in [0.25, 0.3) is 11.2 Å². The number of oxazole rings is 1. The van der Waals surface area contributed by atoms with E-state index >= 15 is 0 Å². The van der Waals surface area contributed by atoms with Gasteiger partial charge in [-0.25, -0.2) is 4.98 Å². The Morgan fingerprint density at radius 2 is 1.94 bits per heavy atom. The van der Waals surface area contributed by atoms with Crippen molar-refractivity contribution in [1.29, 1.82) is 0 Å². The molecule has 2 aliphatic heterocycles. The Morgan fingerprint density at radius 1 is 1.17 bits per heavy atom. The highest BCUT2D eigenvalue weighted by atomic mass is 35.5. The Hall–Kier alpha value is -1.33. The number of ether oxygens (including phenoxy) is 1. The lowest BCUT2D eigenvalue weighted by atomic mass is 10.0. The summed E-state index contributed by atoms with van der Waals surface area (Å²) in [5.74, 6) is 1.22. The van der Waals surface area contributed by atoms with Crippen molar-refractivity contribution in [3.05, 3.63) is 17.3 Å². The van der Waals surface area contributed by atoms with Gasteiger partial charge in [-0.15, -0.1) is 0 Å². The van der Waals surface area contributed by atoms with E-state index in [0.717, 1.165) is 26.3 Å². The second-order valence-corrected chi connectivity index (χ2v) is 5.30. The number of halogens is 1. The van der Waals surface area contributed by atoms with Gasteiger partial charge in [0, 0.05) is 24.9 Å². The predicted octanol–water partition coefficient (Wildman–Crippen LogP) is 1.96. The van der Waals surface area contributed by atoms with E-state index in [1.54, 1.807) is 12.1 Å². The summed E-state index contributed by atoms with van der Waals surface area (Å²) in [6.07, 6.45) is 0. The summed E-state index contributed by atoms with van der Waals surface area (Å²) in [4.78, 5) is 10.7. The molecular formula is C12H12ClN3O2. The molecule has 4 heterocycles. The second-order valence-electron chi connectivity index (χ2n) is 4.91. The molecule has 18 heavy (non-hydrogen) atoms. The van der Waals surface area contributed by atoms with E-state index in [1.807, 2.05) is 0 Å². The van der Waals surface area contributed by atoms with Gasteiger partial charge in [0.2, 0.25) is 5.65 Å². The Labute approximate surface area is 109 Å². The van der Waals surface area contributed by atoms with Crippen LogP contribution in [0.5, 0.6) is 0 Å². The third-order valence-electron chi connectivity index (χ3n) is 3.72. The van der Waals surface area contributed by atoms with Gasteiger partial charge in [-0.05, 0) is 12.1 Å². The molecule has 2 unspecified atom stereocenters. The number of pyridine rings is 1. The van der Waals surface area contributed by atoms with Crippen LogP contribution < -0.4 is 4.90 Å². The van der Waals surface area contributed by atoms with Gasteiger partial charge in [0.25, 0.3) is 6.01 Å². The summed E-state index contributed by atoms with van der Waals surface area (Å²) in [6, 6.07) is 4.17. The Kier molecular flexibility index (Phi) is 2.25. The highest BCUT2D eigenvalue weighted by Gasteiger charge is 2.38. The zero-order chi connectivity index (χ0) is 12.1. The number of nitrogens with zero attached hydrogens (tertiary/aromatic N) is 3. The van der Waals surface area contributed by atoms with Crippen molar-refractivity contribution in [3.8, 4) is 0 Å². The van der Waals surface area contributed by atoms with Crippen LogP contribution in [-0.4, -0.2) is 36.3 Å². The Morgan fingerprint density at radius 3 is 2.72 bits per heavy atom. The van der Waals surface area contributed by atoms with Gasteiger partial charge in [0.05, 0.1) is 13.2 Å². The monoisotopic (exact) mass is 265 g/mol. The lowest BCUT2D eigenvalue weighted by molar-refractivity contribution is 0.177. The highest BCUT2D eigenvalue weighted by molar-refractivity contribution is 6.29. The van der Waals surface area contributed by atoms with Gasteiger partial charge >= 0.3 is 0 Å². The molecule has 0 amide bonds. The average molecular weight is 266 g/mol. The molecule has 4 rings (SSSR count). The molecule has 6 heteroatoms. The fourth-order valence-electron chi connectivity index (χ4n) is 2.76. The number of anilines is 1. The summed E-state index contributed by atoms with van der Waals surface area (Å²) in [5.41, 5.74) is 1.26. The van der Waals surface area contributed by atoms with Crippen LogP contribution in [0.3, 0.4) is 0 Å². The molecule has 2 fully saturated rings. The van der Waals surface area contributed by atoms with Crippen molar-refractivity contribution in [2.24, 2.45) is 11.8 Å². The van der Waals surface area contributed by atoms with E-state index < -0.39 is 0 Å². The maximum absolute atomic E-state index is 5.84. The van der Waals surface area contributed by atoms with Crippen LogP contribution in [0, 0.1) is 11.8 Å². The van der Waals surface area contributed by atoms with Gasteiger partial charge in [0.1, 0.15) is 5.15 Å². The fraction of sp³-hybridized carbons (Fsp3) is 0.500. The molecule has 2 atom stereocenters. The van der Waals surface area contributed by atoms with Gasteiger partial charge in [-0.1, -0.05) is 11.6 Å². The molecule has 0 bridgehead atoms. The third-order valence-corrected chi connectivity index (χ3v) is 3.93. The number of fused-ring (bicyclic) bond motifs is 2. The molecule has 2 aromatic heterocycles. The first-order valence-corrected chi connectivity index (χ1v) is 6.43. The van der Waals surface area contributed by atoms with Crippen molar-refractivity contribution >= 4 is 28.8 Å². The van der Waals surface area contributed by atoms with Crippen molar-refractivity contribution in [1.82, 2.24) is 9.97 Å². The second kappa shape index (κ2) is 3.83. The van der Waals surface area contributed by atoms with Gasteiger partial charge in [-0.2, -0.15) is 4.98 Å².